The van der Waals surface area contributed by atoms with Gasteiger partial charge in [-0.2, -0.15) is 5.09 Å². The zero-order chi connectivity index (χ0) is 30.2. The van der Waals surface area contributed by atoms with Crippen LogP contribution in [0.2, 0.25) is 0 Å². The highest BCUT2D eigenvalue weighted by Gasteiger charge is 2.47. The third-order valence-corrected chi connectivity index (χ3v) is 8.59. The smallest absolute Gasteiger partial charge is 0.459 e. The van der Waals surface area contributed by atoms with Crippen molar-refractivity contribution in [3.63, 3.8) is 0 Å². The molecule has 2 aromatic heterocycles. The van der Waals surface area contributed by atoms with Crippen molar-refractivity contribution in [2.45, 2.75) is 83.3 Å². The number of carbonyl (C=O) groups is 1. The van der Waals surface area contributed by atoms with Crippen molar-refractivity contribution < 1.29 is 37.4 Å². The molecule has 2 aliphatic rings. The Morgan fingerprint density at radius 2 is 1.98 bits per heavy atom. The predicted molar refractivity (Wildman–Crippen MR) is 151 cm³/mol. The van der Waals surface area contributed by atoms with Crippen LogP contribution >= 0.6 is 7.75 Å². The highest BCUT2D eigenvalue weighted by atomic mass is 31.2. The molecule has 5 rings (SSSR count). The van der Waals surface area contributed by atoms with E-state index in [4.69, 9.17) is 18.5 Å². The maximum atomic E-state index is 15.5. The van der Waals surface area contributed by atoms with E-state index in [1.807, 2.05) is 11.9 Å². The molecule has 42 heavy (non-hydrogen) atoms. The molecule has 0 unspecified atom stereocenters. The Kier molecular flexibility index (Phi) is 8.81. The summed E-state index contributed by atoms with van der Waals surface area (Å²) in [4.78, 5) is 27.9. The number of hydrogen-bond acceptors (Lipinski definition) is 11. The van der Waals surface area contributed by atoms with E-state index in [-0.39, 0.29) is 5.75 Å². The average molecular weight is 607 g/mol. The fourth-order valence-corrected chi connectivity index (χ4v) is 6.15. The van der Waals surface area contributed by atoms with E-state index in [1.54, 1.807) is 51.1 Å². The minimum Gasteiger partial charge on any atom is -0.462 e. The van der Waals surface area contributed by atoms with Crippen LogP contribution in [-0.2, 0) is 23.4 Å². The summed E-state index contributed by atoms with van der Waals surface area (Å²) in [6, 6.07) is 7.52. The summed E-state index contributed by atoms with van der Waals surface area (Å²) < 4.78 is 53.0. The number of rotatable bonds is 12. The van der Waals surface area contributed by atoms with Crippen LogP contribution < -0.4 is 14.5 Å². The number of imidazole rings is 1. The Morgan fingerprint density at radius 3 is 2.64 bits per heavy atom. The van der Waals surface area contributed by atoms with E-state index in [1.165, 1.54) is 17.8 Å². The molecule has 6 atom stereocenters. The van der Waals surface area contributed by atoms with Gasteiger partial charge in [0.2, 0.25) is 0 Å². The quantitative estimate of drug-likeness (QED) is 0.230. The lowest BCUT2D eigenvalue weighted by atomic mass is 10.1. The number of aryl methyl sites for hydroxylation is 1. The molecule has 0 radical (unpaired) electrons. The van der Waals surface area contributed by atoms with Crippen molar-refractivity contribution in [1.82, 2.24) is 24.6 Å². The number of carbonyl (C=O) groups excluding carboxylic acids is 1. The van der Waals surface area contributed by atoms with Crippen LogP contribution in [0, 0.1) is 6.92 Å². The summed E-state index contributed by atoms with van der Waals surface area (Å²) in [7, 11) is -2.31. The number of halogens is 1. The summed E-state index contributed by atoms with van der Waals surface area (Å²) in [5.41, 5.74) is 0.857. The second-order valence-corrected chi connectivity index (χ2v) is 12.5. The normalized spacial score (nSPS) is 24.5. The number of para-hydroxylation sites is 1. The van der Waals surface area contributed by atoms with Crippen LogP contribution in [0.25, 0.3) is 11.2 Å². The van der Waals surface area contributed by atoms with Crippen LogP contribution in [0.4, 0.5) is 10.2 Å². The highest BCUT2D eigenvalue weighted by Crippen LogP contribution is 2.46. The first-order valence-corrected chi connectivity index (χ1v) is 15.4. The number of aliphatic hydroxyl groups is 1. The second-order valence-electron chi connectivity index (χ2n) is 10.8. The minimum atomic E-state index is -4.25. The Morgan fingerprint density at radius 1 is 1.26 bits per heavy atom. The fourth-order valence-electron chi connectivity index (χ4n) is 4.65. The molecule has 0 amide bonds. The first-order valence-electron chi connectivity index (χ1n) is 13.8. The van der Waals surface area contributed by atoms with Gasteiger partial charge in [0.25, 0.3) is 0 Å². The van der Waals surface area contributed by atoms with Crippen molar-refractivity contribution in [1.29, 1.82) is 0 Å². The van der Waals surface area contributed by atoms with Crippen LogP contribution in [0.1, 0.15) is 45.7 Å². The monoisotopic (exact) mass is 606 g/mol. The third-order valence-electron chi connectivity index (χ3n) is 6.95. The molecule has 0 spiro atoms. The number of benzene rings is 1. The lowest BCUT2D eigenvalue weighted by Gasteiger charge is -2.25. The SMILES string of the molecule is Cc1nc(N(C)C2CC2)c2ncn([C@@H]3O[C@H](CO[P@](=O)(N[C@@H](C)C(=O)OC(C)C)Oc4ccccc4)[C@@H](O)[C@H]3F)c2n1. The number of alkyl halides is 1. The number of esters is 1. The van der Waals surface area contributed by atoms with Gasteiger partial charge >= 0.3 is 13.7 Å². The van der Waals surface area contributed by atoms with Gasteiger partial charge in [0.05, 0.1) is 19.0 Å². The van der Waals surface area contributed by atoms with Crippen LogP contribution in [0.15, 0.2) is 36.7 Å². The molecule has 1 aliphatic heterocycles. The summed E-state index contributed by atoms with van der Waals surface area (Å²) >= 11 is 0. The minimum absolute atomic E-state index is 0.207. The number of aliphatic hydroxyl groups excluding tert-OH is 1. The molecule has 2 N–H and O–H groups in total. The maximum absolute atomic E-state index is 15.5. The van der Waals surface area contributed by atoms with Crippen molar-refractivity contribution in [3.05, 3.63) is 42.5 Å². The fraction of sp³-hybridized carbons (Fsp3) is 0.556. The van der Waals surface area contributed by atoms with Crippen molar-refractivity contribution in [2.24, 2.45) is 0 Å². The Labute approximate surface area is 242 Å². The number of nitrogens with zero attached hydrogens (tertiary/aromatic N) is 5. The third kappa shape index (κ3) is 6.57. The van der Waals surface area contributed by atoms with Crippen molar-refractivity contribution in [3.8, 4) is 5.75 Å². The number of nitrogens with one attached hydrogen (secondary N) is 1. The van der Waals surface area contributed by atoms with Gasteiger partial charge in [0.1, 0.15) is 29.8 Å². The number of hydrogen-bond donors (Lipinski definition) is 2. The van der Waals surface area contributed by atoms with Gasteiger partial charge in [0, 0.05) is 13.1 Å². The van der Waals surface area contributed by atoms with Crippen LogP contribution in [-0.4, -0.2) is 80.8 Å². The van der Waals surface area contributed by atoms with E-state index < -0.39 is 57.1 Å². The van der Waals surface area contributed by atoms with Gasteiger partial charge in [0.15, 0.2) is 29.4 Å². The number of ether oxygens (including phenoxy) is 2. The largest absolute Gasteiger partial charge is 0.462 e. The van der Waals surface area contributed by atoms with Crippen LogP contribution in [0.5, 0.6) is 5.75 Å². The van der Waals surface area contributed by atoms with Crippen molar-refractivity contribution >= 4 is 30.7 Å². The molecular formula is C27H36FN6O7P. The molecule has 1 aliphatic carbocycles. The maximum Gasteiger partial charge on any atom is 0.459 e. The van der Waals surface area contributed by atoms with E-state index in [0.717, 1.165) is 12.8 Å². The van der Waals surface area contributed by atoms with Gasteiger partial charge in [-0.1, -0.05) is 18.2 Å². The average Bonchev–Trinajstić information content (AvgIpc) is 3.65. The van der Waals surface area contributed by atoms with E-state index in [0.29, 0.717) is 28.8 Å². The predicted octanol–water partition coefficient (Wildman–Crippen LogP) is 3.46. The summed E-state index contributed by atoms with van der Waals surface area (Å²) in [5.74, 6) is 0.667. The molecule has 1 saturated carbocycles. The van der Waals surface area contributed by atoms with E-state index in [9.17, 15) is 14.5 Å². The first-order chi connectivity index (χ1) is 20.0. The first kappa shape index (κ1) is 30.3. The highest BCUT2D eigenvalue weighted by molar-refractivity contribution is 7.52. The molecule has 1 aromatic carbocycles. The molecule has 228 valence electrons. The van der Waals surface area contributed by atoms with Gasteiger partial charge in [-0.3, -0.25) is 13.9 Å². The number of aromatic nitrogens is 4. The molecule has 3 aromatic rings. The van der Waals surface area contributed by atoms with Gasteiger partial charge < -0.3 is 24.0 Å². The molecule has 3 heterocycles. The Hall–Kier alpha value is -3.16. The molecular weight excluding hydrogens is 570 g/mol. The Bertz CT molecular complexity index is 1460. The molecule has 1 saturated heterocycles. The summed E-state index contributed by atoms with van der Waals surface area (Å²) in [6.45, 7) is 6.05. The standard InChI is InChI=1S/C27H36FN6O7P/c1-15(2)39-27(36)16(3)32-42(37,41-19-9-7-6-8-10-19)38-13-20-23(35)21(28)26(40-20)34-14-29-22-24(33(5)18-11-12-18)30-17(4)31-25(22)34/h6-10,14-16,18,20-21,23,26,35H,11-13H2,1-5H3,(H,32,37)/t16-,20+,21+,23+,26+,42+/m0/s1. The summed E-state index contributed by atoms with van der Waals surface area (Å²) in [5, 5.41) is 13.3. The lowest BCUT2D eigenvalue weighted by molar-refractivity contribution is -0.149. The van der Waals surface area contributed by atoms with Gasteiger partial charge in [-0.15, -0.1) is 0 Å². The number of fused-ring (bicyclic) bond motifs is 1. The molecule has 15 heteroatoms. The van der Waals surface area contributed by atoms with E-state index in [2.05, 4.69) is 20.0 Å². The zero-order valence-electron chi connectivity index (χ0n) is 24.1. The topological polar surface area (TPSA) is 150 Å². The van der Waals surface area contributed by atoms with E-state index >= 15 is 4.39 Å². The Balaban J connectivity index is 1.34. The van der Waals surface area contributed by atoms with Gasteiger partial charge in [-0.05, 0) is 52.7 Å². The second kappa shape index (κ2) is 12.2. The molecule has 13 nitrogen and oxygen atoms in total. The lowest BCUT2D eigenvalue weighted by Crippen LogP contribution is -2.37. The number of anilines is 1. The molecule has 2 fully saturated rings. The summed E-state index contributed by atoms with van der Waals surface area (Å²) in [6.07, 6.45) is -2.90. The van der Waals surface area contributed by atoms with Crippen LogP contribution in [0.3, 0.4) is 0 Å². The van der Waals surface area contributed by atoms with Crippen molar-refractivity contribution in [2.75, 3.05) is 18.6 Å². The molecule has 0 bridgehead atoms. The zero-order valence-corrected chi connectivity index (χ0v) is 25.0. The van der Waals surface area contributed by atoms with Gasteiger partial charge in [-0.25, -0.2) is 23.9 Å².